The van der Waals surface area contributed by atoms with Crippen LogP contribution in [0.2, 0.25) is 0 Å². The summed E-state index contributed by atoms with van der Waals surface area (Å²) in [6, 6.07) is -1.69. The second-order valence-corrected chi connectivity index (χ2v) is 5.53. The number of aliphatic carboxylic acids is 1. The van der Waals surface area contributed by atoms with Gasteiger partial charge in [-0.25, -0.2) is 23.1 Å². The zero-order valence-electron chi connectivity index (χ0n) is 10.2. The number of primary sulfonamides is 1. The highest BCUT2D eigenvalue weighted by molar-refractivity contribution is 7.89. The monoisotopic (exact) mass is 281 g/mol. The van der Waals surface area contributed by atoms with Crippen LogP contribution >= 0.6 is 0 Å². The summed E-state index contributed by atoms with van der Waals surface area (Å²) < 4.78 is 21.2. The molecule has 2 amide bonds. The van der Waals surface area contributed by atoms with E-state index < -0.39 is 33.8 Å². The van der Waals surface area contributed by atoms with Crippen molar-refractivity contribution in [3.05, 3.63) is 0 Å². The second kappa shape index (κ2) is 7.88. The highest BCUT2D eigenvalue weighted by Crippen LogP contribution is 2.00. The van der Waals surface area contributed by atoms with Gasteiger partial charge in [0.2, 0.25) is 10.0 Å². The Morgan fingerprint density at radius 3 is 2.44 bits per heavy atom. The van der Waals surface area contributed by atoms with Crippen molar-refractivity contribution in [1.82, 2.24) is 10.6 Å². The van der Waals surface area contributed by atoms with E-state index >= 15 is 0 Å². The molecule has 0 radical (unpaired) electrons. The van der Waals surface area contributed by atoms with E-state index in [9.17, 15) is 18.0 Å². The molecule has 0 aromatic carbocycles. The minimum atomic E-state index is -3.64. The highest BCUT2D eigenvalue weighted by Gasteiger charge is 2.18. The van der Waals surface area contributed by atoms with Crippen LogP contribution in [0.4, 0.5) is 4.79 Å². The van der Waals surface area contributed by atoms with E-state index in [-0.39, 0.29) is 6.54 Å². The molecular weight excluding hydrogens is 262 g/mol. The number of unbranched alkanes of at least 4 members (excludes halogenated alkanes) is 1. The Morgan fingerprint density at radius 1 is 1.39 bits per heavy atom. The van der Waals surface area contributed by atoms with Crippen LogP contribution in [0.15, 0.2) is 0 Å². The van der Waals surface area contributed by atoms with E-state index in [2.05, 4.69) is 10.6 Å². The summed E-state index contributed by atoms with van der Waals surface area (Å²) in [7, 11) is -3.64. The van der Waals surface area contributed by atoms with Gasteiger partial charge in [0.05, 0.1) is 5.75 Å². The van der Waals surface area contributed by atoms with Crippen molar-refractivity contribution in [2.24, 2.45) is 5.14 Å². The van der Waals surface area contributed by atoms with Crippen LogP contribution in [0.3, 0.4) is 0 Å². The number of nitrogens with one attached hydrogen (secondary N) is 2. The van der Waals surface area contributed by atoms with Gasteiger partial charge in [0.25, 0.3) is 0 Å². The molecule has 1 atom stereocenters. The van der Waals surface area contributed by atoms with Crippen molar-refractivity contribution >= 4 is 22.0 Å². The number of carbonyl (C=O) groups is 2. The lowest BCUT2D eigenvalue weighted by Gasteiger charge is -2.14. The molecule has 0 fully saturated rings. The molecule has 0 unspecified atom stereocenters. The zero-order valence-corrected chi connectivity index (χ0v) is 11.0. The number of hydrogen-bond donors (Lipinski definition) is 4. The number of amides is 2. The Bertz CT molecular complexity index is 382. The van der Waals surface area contributed by atoms with Crippen LogP contribution in [0.1, 0.15) is 26.2 Å². The Balaban J connectivity index is 4.06. The van der Waals surface area contributed by atoms with Crippen molar-refractivity contribution in [1.29, 1.82) is 0 Å². The quantitative estimate of drug-likeness (QED) is 0.462. The number of carboxylic acid groups (broad SMARTS) is 1. The topological polar surface area (TPSA) is 139 Å². The second-order valence-electron chi connectivity index (χ2n) is 3.80. The Hall–Kier alpha value is -1.35. The molecule has 9 heteroatoms. The van der Waals surface area contributed by atoms with Crippen molar-refractivity contribution in [3.63, 3.8) is 0 Å². The molecule has 0 aromatic rings. The Kier molecular flexibility index (Phi) is 7.29. The van der Waals surface area contributed by atoms with Crippen molar-refractivity contribution in [2.45, 2.75) is 32.2 Å². The molecule has 8 nitrogen and oxygen atoms in total. The van der Waals surface area contributed by atoms with Crippen LogP contribution < -0.4 is 15.8 Å². The normalized spacial score (nSPS) is 12.8. The summed E-state index contributed by atoms with van der Waals surface area (Å²) in [5, 5.41) is 18.1. The highest BCUT2D eigenvalue weighted by atomic mass is 32.2. The summed E-state index contributed by atoms with van der Waals surface area (Å²) in [4.78, 5) is 22.1. The van der Waals surface area contributed by atoms with Crippen molar-refractivity contribution < 1.29 is 23.1 Å². The van der Waals surface area contributed by atoms with Gasteiger partial charge in [0, 0.05) is 6.54 Å². The maximum absolute atomic E-state index is 11.3. The molecule has 0 rings (SSSR count). The zero-order chi connectivity index (χ0) is 14.2. The number of sulfonamides is 1. The maximum Gasteiger partial charge on any atom is 0.326 e. The molecular formula is C9H19N3O5S. The van der Waals surface area contributed by atoms with Crippen LogP contribution in [-0.4, -0.2) is 43.9 Å². The average Bonchev–Trinajstić information content (AvgIpc) is 2.21. The first-order valence-corrected chi connectivity index (χ1v) is 7.25. The molecule has 0 saturated heterocycles. The smallest absolute Gasteiger partial charge is 0.326 e. The lowest BCUT2D eigenvalue weighted by atomic mass is 10.1. The van der Waals surface area contributed by atoms with Crippen LogP contribution in [-0.2, 0) is 14.8 Å². The molecule has 0 heterocycles. The molecule has 0 aliphatic rings. The molecule has 18 heavy (non-hydrogen) atoms. The lowest BCUT2D eigenvalue weighted by molar-refractivity contribution is -0.139. The molecule has 5 N–H and O–H groups in total. The summed E-state index contributed by atoms with van der Waals surface area (Å²) in [6.45, 7) is 1.75. The van der Waals surface area contributed by atoms with E-state index in [4.69, 9.17) is 10.2 Å². The third-order valence-electron chi connectivity index (χ3n) is 2.12. The predicted octanol–water partition coefficient (Wildman–Crippen LogP) is -0.782. The minimum absolute atomic E-state index is 0.162. The SMILES string of the molecule is CCCC[C@H](NC(=O)NCCS(N)(=O)=O)C(=O)O. The van der Waals surface area contributed by atoms with Crippen molar-refractivity contribution in [2.75, 3.05) is 12.3 Å². The number of nitrogens with two attached hydrogens (primary N) is 1. The van der Waals surface area contributed by atoms with Gasteiger partial charge in [-0.3, -0.25) is 0 Å². The number of carbonyl (C=O) groups excluding carboxylic acids is 1. The molecule has 0 aliphatic heterocycles. The fraction of sp³-hybridized carbons (Fsp3) is 0.778. The fourth-order valence-electron chi connectivity index (χ4n) is 1.18. The van der Waals surface area contributed by atoms with E-state index in [1.54, 1.807) is 0 Å². The van der Waals surface area contributed by atoms with E-state index in [0.29, 0.717) is 12.8 Å². The Morgan fingerprint density at radius 2 is 2.00 bits per heavy atom. The third kappa shape index (κ3) is 8.76. The number of urea groups is 1. The largest absolute Gasteiger partial charge is 0.480 e. The molecule has 0 saturated carbocycles. The van der Waals surface area contributed by atoms with Gasteiger partial charge in [-0.15, -0.1) is 0 Å². The summed E-state index contributed by atoms with van der Waals surface area (Å²) in [5.41, 5.74) is 0. The van der Waals surface area contributed by atoms with Crippen LogP contribution in [0.5, 0.6) is 0 Å². The Labute approximate surface area is 106 Å². The van der Waals surface area contributed by atoms with Gasteiger partial charge in [-0.05, 0) is 6.42 Å². The lowest BCUT2D eigenvalue weighted by Crippen LogP contribution is -2.47. The first kappa shape index (κ1) is 16.6. The standard InChI is InChI=1S/C9H19N3O5S/c1-2-3-4-7(8(13)14)12-9(15)11-5-6-18(10,16)17/h7H,2-6H2,1H3,(H,13,14)(H2,10,16,17)(H2,11,12,15)/t7-/m0/s1. The number of rotatable bonds is 8. The summed E-state index contributed by atoms with van der Waals surface area (Å²) in [5.74, 6) is -1.52. The predicted molar refractivity (Wildman–Crippen MR) is 65.5 cm³/mol. The molecule has 0 bridgehead atoms. The molecule has 0 aliphatic carbocycles. The van der Waals surface area contributed by atoms with Crippen LogP contribution in [0, 0.1) is 0 Å². The van der Waals surface area contributed by atoms with Crippen molar-refractivity contribution in [3.8, 4) is 0 Å². The summed E-state index contributed by atoms with van der Waals surface area (Å²) >= 11 is 0. The van der Waals surface area contributed by atoms with E-state index in [1.165, 1.54) is 0 Å². The third-order valence-corrected chi connectivity index (χ3v) is 2.90. The molecule has 0 spiro atoms. The number of hydrogen-bond acceptors (Lipinski definition) is 4. The fourth-order valence-corrected chi connectivity index (χ4v) is 1.57. The summed E-state index contributed by atoms with van der Waals surface area (Å²) in [6.07, 6.45) is 1.82. The number of carboxylic acids is 1. The average molecular weight is 281 g/mol. The first-order valence-electron chi connectivity index (χ1n) is 5.54. The minimum Gasteiger partial charge on any atom is -0.480 e. The molecule has 0 aromatic heterocycles. The van der Waals surface area contributed by atoms with Gasteiger partial charge in [0.15, 0.2) is 0 Å². The maximum atomic E-state index is 11.3. The first-order chi connectivity index (χ1) is 8.26. The van der Waals surface area contributed by atoms with Gasteiger partial charge in [0.1, 0.15) is 6.04 Å². The van der Waals surface area contributed by atoms with Crippen LogP contribution in [0.25, 0.3) is 0 Å². The van der Waals surface area contributed by atoms with E-state index in [0.717, 1.165) is 6.42 Å². The van der Waals surface area contributed by atoms with Gasteiger partial charge in [-0.2, -0.15) is 0 Å². The molecule has 106 valence electrons. The van der Waals surface area contributed by atoms with Gasteiger partial charge >= 0.3 is 12.0 Å². The van der Waals surface area contributed by atoms with Gasteiger partial charge in [-0.1, -0.05) is 19.8 Å². The van der Waals surface area contributed by atoms with Gasteiger partial charge < -0.3 is 15.7 Å². The van der Waals surface area contributed by atoms with E-state index in [1.807, 2.05) is 6.92 Å².